The molecule has 1 amide bonds. The molecule has 2 rings (SSSR count). The van der Waals surface area contributed by atoms with Gasteiger partial charge in [-0.25, -0.2) is 4.79 Å². The van der Waals surface area contributed by atoms with Gasteiger partial charge in [-0.05, 0) is 11.6 Å². The minimum atomic E-state index is -4.30. The first kappa shape index (κ1) is 21.6. The molecule has 0 radical (unpaired) electrons. The van der Waals surface area contributed by atoms with Crippen LogP contribution in [0.5, 0.6) is 0 Å². The molecule has 2 aromatic rings. The maximum absolute atomic E-state index is 10.6. The summed E-state index contributed by atoms with van der Waals surface area (Å²) in [5, 5.41) is 11.1. The number of carbonyl (C=O) groups is 1. The van der Waals surface area contributed by atoms with Gasteiger partial charge in [-0.2, -0.15) is 16.8 Å². The summed E-state index contributed by atoms with van der Waals surface area (Å²) in [5.41, 5.74) is 2.47. The Labute approximate surface area is 150 Å². The van der Waals surface area contributed by atoms with E-state index in [0.29, 0.717) is 5.69 Å². The van der Waals surface area contributed by atoms with Gasteiger partial charge in [-0.1, -0.05) is 48.5 Å². The van der Waals surface area contributed by atoms with Crippen LogP contribution >= 0.6 is 0 Å². The first-order chi connectivity index (χ1) is 12.0. The predicted octanol–water partition coefficient (Wildman–Crippen LogP) is 2.21. The van der Waals surface area contributed by atoms with E-state index in [9.17, 15) is 21.6 Å². The van der Waals surface area contributed by atoms with Crippen molar-refractivity contribution in [3.05, 3.63) is 54.6 Å². The molecule has 26 heavy (non-hydrogen) atoms. The second kappa shape index (κ2) is 9.29. The zero-order chi connectivity index (χ0) is 19.8. The molecule has 0 saturated carbocycles. The highest BCUT2D eigenvalue weighted by Crippen LogP contribution is 2.27. The Morgan fingerprint density at radius 2 is 1.27 bits per heavy atom. The smallest absolute Gasteiger partial charge is 0.409 e. The Morgan fingerprint density at radius 3 is 1.73 bits per heavy atom. The van der Waals surface area contributed by atoms with Crippen LogP contribution in [0.1, 0.15) is 0 Å². The molecule has 11 heteroatoms. The molecule has 0 saturated heterocycles. The van der Waals surface area contributed by atoms with E-state index in [1.807, 2.05) is 42.5 Å². The van der Waals surface area contributed by atoms with Gasteiger partial charge in [0.1, 0.15) is 0 Å². The van der Waals surface area contributed by atoms with Crippen LogP contribution in [0.2, 0.25) is 0 Å². The lowest BCUT2D eigenvalue weighted by atomic mass is 10.0. The molecule has 2 aromatic carbocycles. The van der Waals surface area contributed by atoms with Gasteiger partial charge in [0.2, 0.25) is 0 Å². The largest absolute Gasteiger partial charge is 0.465 e. The quantitative estimate of drug-likeness (QED) is 0.553. The van der Waals surface area contributed by atoms with Gasteiger partial charge in [0, 0.05) is 5.56 Å². The van der Waals surface area contributed by atoms with E-state index in [2.05, 4.69) is 5.32 Å². The summed E-state index contributed by atoms with van der Waals surface area (Å²) in [4.78, 5) is 10.6. The molecule has 9 nitrogen and oxygen atoms in total. The fourth-order valence-electron chi connectivity index (χ4n) is 1.79. The van der Waals surface area contributed by atoms with E-state index >= 15 is 0 Å². The molecule has 0 fully saturated rings. The van der Waals surface area contributed by atoms with Crippen molar-refractivity contribution in [2.24, 2.45) is 0 Å². The molecule has 0 aliphatic carbocycles. The number of rotatable bonds is 5. The second-order valence-corrected chi connectivity index (χ2v) is 8.06. The van der Waals surface area contributed by atoms with Crippen molar-refractivity contribution in [3.8, 4) is 11.1 Å². The lowest BCUT2D eigenvalue weighted by Gasteiger charge is -2.08. The van der Waals surface area contributed by atoms with E-state index in [0.717, 1.165) is 11.1 Å². The number of carboxylic acid groups (broad SMARTS) is 1. The van der Waals surface area contributed by atoms with Crippen LogP contribution in [0.4, 0.5) is 10.5 Å². The topological polar surface area (TPSA) is 158 Å². The minimum Gasteiger partial charge on any atom is -0.465 e. The second-order valence-electron chi connectivity index (χ2n) is 4.91. The molecule has 0 atom stereocenters. The molecular weight excluding hydrogens is 386 g/mol. The van der Waals surface area contributed by atoms with Gasteiger partial charge in [0.05, 0.1) is 17.2 Å². The molecule has 0 bridgehead atoms. The molecule has 0 aromatic heterocycles. The van der Waals surface area contributed by atoms with Gasteiger partial charge in [0.25, 0.3) is 20.2 Å². The van der Waals surface area contributed by atoms with Crippen LogP contribution in [-0.2, 0) is 20.2 Å². The number of hydrogen-bond donors (Lipinski definition) is 4. The molecule has 0 spiro atoms. The number of para-hydroxylation sites is 1. The van der Waals surface area contributed by atoms with E-state index < -0.39 is 37.8 Å². The molecule has 0 unspecified atom stereocenters. The Balaban J connectivity index is 0.000000294. The number of nitrogens with one attached hydrogen (secondary N) is 1. The summed E-state index contributed by atoms with van der Waals surface area (Å²) >= 11 is 0. The minimum absolute atomic E-state index is 0.598. The fourth-order valence-corrected chi connectivity index (χ4v) is 3.47. The highest BCUT2D eigenvalue weighted by Gasteiger charge is 2.11. The van der Waals surface area contributed by atoms with Crippen LogP contribution in [0.15, 0.2) is 54.6 Å². The van der Waals surface area contributed by atoms with Crippen molar-refractivity contribution < 1.29 is 35.8 Å². The Hall–Kier alpha value is -2.47. The van der Waals surface area contributed by atoms with Crippen LogP contribution in [0.25, 0.3) is 11.1 Å². The first-order valence-electron chi connectivity index (χ1n) is 7.02. The molecule has 0 heterocycles. The summed E-state index contributed by atoms with van der Waals surface area (Å²) in [6.45, 7) is 0. The van der Waals surface area contributed by atoms with Crippen molar-refractivity contribution >= 4 is 32.0 Å². The van der Waals surface area contributed by atoms with Gasteiger partial charge < -0.3 is 5.11 Å². The maximum Gasteiger partial charge on any atom is 0.409 e. The molecule has 142 valence electrons. The monoisotopic (exact) mass is 403 g/mol. The summed E-state index contributed by atoms with van der Waals surface area (Å²) in [6.07, 6.45) is -1.05. The van der Waals surface area contributed by atoms with Gasteiger partial charge >= 0.3 is 6.09 Å². The Morgan fingerprint density at radius 1 is 0.808 bits per heavy atom. The number of hydrogen-bond acceptors (Lipinski definition) is 5. The van der Waals surface area contributed by atoms with Crippen LogP contribution in [-0.4, -0.2) is 48.6 Å². The molecular formula is C15H17NO8S2. The van der Waals surface area contributed by atoms with Crippen LogP contribution in [0.3, 0.4) is 0 Å². The van der Waals surface area contributed by atoms with Crippen molar-refractivity contribution in [1.29, 1.82) is 0 Å². The third kappa shape index (κ3) is 9.13. The maximum atomic E-state index is 10.6. The highest BCUT2D eigenvalue weighted by molar-refractivity contribution is 7.89. The van der Waals surface area contributed by atoms with Crippen molar-refractivity contribution in [3.63, 3.8) is 0 Å². The van der Waals surface area contributed by atoms with Gasteiger partial charge in [-0.15, -0.1) is 0 Å². The molecule has 4 N–H and O–H groups in total. The SMILES string of the molecule is O=C(O)Nc1ccccc1-c1ccccc1.O=S(=O)(O)CCS(=O)(=O)O. The average molecular weight is 403 g/mol. The van der Waals surface area contributed by atoms with Gasteiger partial charge in [0.15, 0.2) is 0 Å². The third-order valence-corrected chi connectivity index (χ3v) is 4.55. The Kier molecular flexibility index (Phi) is 7.71. The van der Waals surface area contributed by atoms with Crippen molar-refractivity contribution in [1.82, 2.24) is 0 Å². The fraction of sp³-hybridized carbons (Fsp3) is 0.133. The van der Waals surface area contributed by atoms with Crippen LogP contribution < -0.4 is 5.32 Å². The summed E-state index contributed by atoms with van der Waals surface area (Å²) in [6, 6.07) is 17.0. The van der Waals surface area contributed by atoms with Crippen molar-refractivity contribution in [2.45, 2.75) is 0 Å². The lowest BCUT2D eigenvalue weighted by Crippen LogP contribution is -2.15. The summed E-state index contributed by atoms with van der Waals surface area (Å²) in [5.74, 6) is -1.96. The summed E-state index contributed by atoms with van der Waals surface area (Å²) in [7, 11) is -8.59. The lowest BCUT2D eigenvalue weighted by molar-refractivity contribution is 0.209. The zero-order valence-electron chi connectivity index (χ0n) is 13.3. The number of anilines is 1. The van der Waals surface area contributed by atoms with E-state index in [1.54, 1.807) is 12.1 Å². The van der Waals surface area contributed by atoms with E-state index in [-0.39, 0.29) is 0 Å². The zero-order valence-corrected chi connectivity index (χ0v) is 14.9. The third-order valence-electron chi connectivity index (χ3n) is 2.85. The van der Waals surface area contributed by atoms with Crippen molar-refractivity contribution in [2.75, 3.05) is 16.8 Å². The van der Waals surface area contributed by atoms with Crippen LogP contribution in [0, 0.1) is 0 Å². The Bertz CT molecular complexity index is 909. The summed E-state index contributed by atoms with van der Waals surface area (Å²) < 4.78 is 55.4. The highest BCUT2D eigenvalue weighted by atomic mass is 32.2. The standard InChI is InChI=1S/C13H11NO2.C2H6O6S2/c15-13(16)14-12-9-5-4-8-11(12)10-6-2-1-3-7-10;3-9(4,5)1-2-10(6,7)8/h1-9,14H,(H,15,16);1-2H2,(H,3,4,5)(H,6,7,8). The van der Waals surface area contributed by atoms with Gasteiger partial charge in [-0.3, -0.25) is 14.4 Å². The van der Waals surface area contributed by atoms with E-state index in [1.165, 1.54) is 0 Å². The number of amides is 1. The first-order valence-corrected chi connectivity index (χ1v) is 10.2. The normalized spacial score (nSPS) is 11.2. The average Bonchev–Trinajstić information content (AvgIpc) is 2.53. The predicted molar refractivity (Wildman–Crippen MR) is 96.4 cm³/mol. The molecule has 0 aliphatic heterocycles. The molecule has 0 aliphatic rings. The van der Waals surface area contributed by atoms with E-state index in [4.69, 9.17) is 14.2 Å². The number of benzene rings is 2.